The minimum atomic E-state index is -0.623. The Balaban J connectivity index is 2.59. The van der Waals surface area contributed by atoms with Gasteiger partial charge in [0.25, 0.3) is 0 Å². The summed E-state index contributed by atoms with van der Waals surface area (Å²) in [5.74, 6) is 0.0686. The van der Waals surface area contributed by atoms with E-state index in [0.717, 1.165) is 25.7 Å². The van der Waals surface area contributed by atoms with Gasteiger partial charge in [0.15, 0.2) is 0 Å². The van der Waals surface area contributed by atoms with E-state index in [9.17, 15) is 9.90 Å². The number of nitrogens with one attached hydrogen (secondary N) is 1. The molecule has 1 rings (SSSR count). The van der Waals surface area contributed by atoms with Gasteiger partial charge in [-0.2, -0.15) is 0 Å². The second-order valence-corrected chi connectivity index (χ2v) is 5.30. The highest BCUT2D eigenvalue weighted by Gasteiger charge is 2.40. The molecule has 3 nitrogen and oxygen atoms in total. The van der Waals surface area contributed by atoms with Gasteiger partial charge >= 0.3 is 5.97 Å². The normalized spacial score (nSPS) is 31.9. The van der Waals surface area contributed by atoms with Gasteiger partial charge in [-0.3, -0.25) is 4.79 Å². The monoisotopic (exact) mass is 213 g/mol. The summed E-state index contributed by atoms with van der Waals surface area (Å²) in [4.78, 5) is 11.4. The second-order valence-electron chi connectivity index (χ2n) is 5.30. The fourth-order valence-corrected chi connectivity index (χ4v) is 2.18. The zero-order valence-corrected chi connectivity index (χ0v) is 10.0. The van der Waals surface area contributed by atoms with Crippen molar-refractivity contribution in [2.24, 2.45) is 11.3 Å². The molecule has 0 aromatic rings. The zero-order chi connectivity index (χ0) is 11.5. The van der Waals surface area contributed by atoms with Gasteiger partial charge in [0.05, 0.1) is 5.41 Å². The van der Waals surface area contributed by atoms with Crippen LogP contribution in [-0.2, 0) is 4.79 Å². The molecule has 1 aliphatic carbocycles. The van der Waals surface area contributed by atoms with Gasteiger partial charge in [0, 0.05) is 12.6 Å². The molecule has 15 heavy (non-hydrogen) atoms. The zero-order valence-electron chi connectivity index (χ0n) is 10.0. The van der Waals surface area contributed by atoms with Crippen LogP contribution in [0.3, 0.4) is 0 Å². The summed E-state index contributed by atoms with van der Waals surface area (Å²) < 4.78 is 0. The van der Waals surface area contributed by atoms with E-state index in [1.807, 2.05) is 0 Å². The van der Waals surface area contributed by atoms with Gasteiger partial charge in [-0.1, -0.05) is 20.8 Å². The maximum atomic E-state index is 11.4. The highest BCUT2D eigenvalue weighted by molar-refractivity contribution is 5.75. The highest BCUT2D eigenvalue weighted by Crippen LogP contribution is 2.38. The van der Waals surface area contributed by atoms with Crippen LogP contribution in [0.25, 0.3) is 0 Å². The van der Waals surface area contributed by atoms with Crippen molar-refractivity contribution in [1.82, 2.24) is 5.32 Å². The lowest BCUT2D eigenvalue weighted by atomic mass is 9.70. The Morgan fingerprint density at radius 3 is 2.40 bits per heavy atom. The molecule has 3 heteroatoms. The van der Waals surface area contributed by atoms with Crippen LogP contribution in [0, 0.1) is 11.3 Å². The fraction of sp³-hybridized carbons (Fsp3) is 0.917. The molecule has 0 atom stereocenters. The second kappa shape index (κ2) is 4.97. The van der Waals surface area contributed by atoms with Crippen LogP contribution in [0.2, 0.25) is 0 Å². The predicted molar refractivity (Wildman–Crippen MR) is 60.8 cm³/mol. The topological polar surface area (TPSA) is 49.3 Å². The molecular weight excluding hydrogens is 190 g/mol. The third-order valence-corrected chi connectivity index (χ3v) is 3.53. The number of hydrogen-bond acceptors (Lipinski definition) is 2. The SMILES string of the molecule is CC1CCC(CNC(C)C)(C(=O)O)CC1. The summed E-state index contributed by atoms with van der Waals surface area (Å²) in [6, 6.07) is 0.362. The lowest BCUT2D eigenvalue weighted by Gasteiger charge is -2.36. The number of aliphatic carboxylic acids is 1. The Kier molecular flexibility index (Phi) is 4.14. The Labute approximate surface area is 92.3 Å². The molecule has 88 valence electrons. The molecule has 0 amide bonds. The minimum Gasteiger partial charge on any atom is -0.481 e. The third-order valence-electron chi connectivity index (χ3n) is 3.53. The van der Waals surface area contributed by atoms with Gasteiger partial charge in [0.1, 0.15) is 0 Å². The van der Waals surface area contributed by atoms with Crippen LogP contribution < -0.4 is 5.32 Å². The van der Waals surface area contributed by atoms with E-state index in [2.05, 4.69) is 26.1 Å². The lowest BCUT2D eigenvalue weighted by Crippen LogP contribution is -2.45. The molecule has 1 saturated carbocycles. The van der Waals surface area contributed by atoms with Crippen molar-refractivity contribution in [3.8, 4) is 0 Å². The Hall–Kier alpha value is -0.570. The van der Waals surface area contributed by atoms with Crippen LogP contribution in [0.5, 0.6) is 0 Å². The smallest absolute Gasteiger partial charge is 0.310 e. The molecule has 1 fully saturated rings. The third kappa shape index (κ3) is 3.20. The summed E-state index contributed by atoms with van der Waals surface area (Å²) in [6.45, 7) is 6.94. The van der Waals surface area contributed by atoms with Gasteiger partial charge in [-0.05, 0) is 31.6 Å². The van der Waals surface area contributed by atoms with Crippen molar-refractivity contribution in [3.05, 3.63) is 0 Å². The van der Waals surface area contributed by atoms with Crippen LogP contribution in [-0.4, -0.2) is 23.7 Å². The Morgan fingerprint density at radius 2 is 2.00 bits per heavy atom. The lowest BCUT2D eigenvalue weighted by molar-refractivity contribution is -0.151. The van der Waals surface area contributed by atoms with Gasteiger partial charge in [0.2, 0.25) is 0 Å². The Morgan fingerprint density at radius 1 is 1.47 bits per heavy atom. The van der Waals surface area contributed by atoms with Crippen LogP contribution in [0.15, 0.2) is 0 Å². The first kappa shape index (κ1) is 12.5. The van der Waals surface area contributed by atoms with Crippen molar-refractivity contribution in [2.75, 3.05) is 6.54 Å². The first-order valence-electron chi connectivity index (χ1n) is 5.93. The van der Waals surface area contributed by atoms with Crippen molar-refractivity contribution in [3.63, 3.8) is 0 Å². The predicted octanol–water partition coefficient (Wildman–Crippen LogP) is 2.27. The molecule has 0 unspecified atom stereocenters. The van der Waals surface area contributed by atoms with E-state index in [1.54, 1.807) is 0 Å². The maximum Gasteiger partial charge on any atom is 0.310 e. The summed E-state index contributed by atoms with van der Waals surface area (Å²) in [5, 5.41) is 12.6. The van der Waals surface area contributed by atoms with Crippen LogP contribution in [0.1, 0.15) is 46.5 Å². The summed E-state index contributed by atoms with van der Waals surface area (Å²) in [5.41, 5.74) is -0.503. The number of rotatable bonds is 4. The molecule has 0 spiro atoms. The summed E-state index contributed by atoms with van der Waals surface area (Å²) in [7, 11) is 0. The molecule has 0 saturated heterocycles. The standard InChI is InChI=1S/C12H23NO2/c1-9(2)13-8-12(11(14)15)6-4-10(3)5-7-12/h9-10,13H,4-8H2,1-3H3,(H,14,15). The molecule has 0 heterocycles. The van der Waals surface area contributed by atoms with Crippen LogP contribution >= 0.6 is 0 Å². The van der Waals surface area contributed by atoms with Crippen molar-refractivity contribution >= 4 is 5.97 Å². The molecule has 0 radical (unpaired) electrons. The largest absolute Gasteiger partial charge is 0.481 e. The number of carboxylic acid groups (broad SMARTS) is 1. The number of carboxylic acids is 1. The molecule has 0 aromatic carbocycles. The van der Waals surface area contributed by atoms with Gasteiger partial charge in [-0.25, -0.2) is 0 Å². The first-order valence-corrected chi connectivity index (χ1v) is 5.93. The minimum absolute atomic E-state index is 0.362. The highest BCUT2D eigenvalue weighted by atomic mass is 16.4. The van der Waals surface area contributed by atoms with E-state index in [0.29, 0.717) is 18.5 Å². The van der Waals surface area contributed by atoms with E-state index < -0.39 is 11.4 Å². The molecular formula is C12H23NO2. The average Bonchev–Trinajstić information content (AvgIpc) is 2.17. The molecule has 2 N–H and O–H groups in total. The first-order chi connectivity index (χ1) is 6.96. The number of hydrogen-bond donors (Lipinski definition) is 2. The van der Waals surface area contributed by atoms with Gasteiger partial charge in [-0.15, -0.1) is 0 Å². The average molecular weight is 213 g/mol. The van der Waals surface area contributed by atoms with Crippen molar-refractivity contribution < 1.29 is 9.90 Å². The summed E-state index contributed by atoms with van der Waals surface area (Å²) >= 11 is 0. The Bertz CT molecular complexity index is 218. The van der Waals surface area contributed by atoms with Crippen molar-refractivity contribution in [2.45, 2.75) is 52.5 Å². The van der Waals surface area contributed by atoms with Crippen molar-refractivity contribution in [1.29, 1.82) is 0 Å². The van der Waals surface area contributed by atoms with Crippen LogP contribution in [0.4, 0.5) is 0 Å². The van der Waals surface area contributed by atoms with E-state index in [1.165, 1.54) is 0 Å². The molecule has 0 aliphatic heterocycles. The number of carbonyl (C=O) groups is 1. The van der Waals surface area contributed by atoms with E-state index in [-0.39, 0.29) is 0 Å². The molecule has 0 aromatic heterocycles. The quantitative estimate of drug-likeness (QED) is 0.753. The molecule has 0 bridgehead atoms. The molecule has 1 aliphatic rings. The van der Waals surface area contributed by atoms with E-state index in [4.69, 9.17) is 0 Å². The van der Waals surface area contributed by atoms with E-state index >= 15 is 0 Å². The van der Waals surface area contributed by atoms with Gasteiger partial charge < -0.3 is 10.4 Å². The fourth-order valence-electron chi connectivity index (χ4n) is 2.18. The summed E-state index contributed by atoms with van der Waals surface area (Å²) in [6.07, 6.45) is 3.74. The maximum absolute atomic E-state index is 11.4.